The van der Waals surface area contributed by atoms with Gasteiger partial charge in [0.1, 0.15) is 18.3 Å². The molecule has 1 aromatic carbocycles. The lowest BCUT2D eigenvalue weighted by Crippen LogP contribution is -2.33. The number of imidazole rings is 1. The highest BCUT2D eigenvalue weighted by molar-refractivity contribution is 7.98. The molecule has 1 saturated heterocycles. The summed E-state index contributed by atoms with van der Waals surface area (Å²) in [4.78, 5) is 13.4. The van der Waals surface area contributed by atoms with E-state index in [1.165, 1.54) is 18.1 Å². The van der Waals surface area contributed by atoms with Gasteiger partial charge >= 0.3 is 0 Å². The van der Waals surface area contributed by atoms with Gasteiger partial charge in [0, 0.05) is 6.54 Å². The Morgan fingerprint density at radius 3 is 2.64 bits per heavy atom. The minimum atomic E-state index is -1.21. The number of nitrogens with zero attached hydrogens (tertiary/aromatic N) is 4. The maximum absolute atomic E-state index is 10.3. The zero-order valence-corrected chi connectivity index (χ0v) is 16.0. The number of hydrogen-bond donors (Lipinski definition) is 4. The second-order valence-electron chi connectivity index (χ2n) is 6.45. The van der Waals surface area contributed by atoms with E-state index in [2.05, 4.69) is 20.3 Å². The quantitative estimate of drug-likeness (QED) is 0.349. The summed E-state index contributed by atoms with van der Waals surface area (Å²) in [6.07, 6.45) is -0.793. The third-order valence-electron chi connectivity index (χ3n) is 4.68. The van der Waals surface area contributed by atoms with E-state index in [4.69, 9.17) is 4.74 Å². The predicted octanol–water partition coefficient (Wildman–Crippen LogP) is 0.772. The van der Waals surface area contributed by atoms with Gasteiger partial charge in [0.05, 0.1) is 12.9 Å². The maximum Gasteiger partial charge on any atom is 0.191 e. The van der Waals surface area contributed by atoms with E-state index in [0.29, 0.717) is 28.7 Å². The number of aromatic nitrogens is 4. The fourth-order valence-electron chi connectivity index (χ4n) is 3.19. The SMILES string of the molecule is CSc1nc(NCc2ccccc2)c2ncn([C@@H]3O[C@H](CO)[C@@H](O)[C@H]3O)c2n1. The fraction of sp³-hybridized carbons (Fsp3) is 0.389. The highest BCUT2D eigenvalue weighted by Gasteiger charge is 2.44. The summed E-state index contributed by atoms with van der Waals surface area (Å²) < 4.78 is 7.18. The van der Waals surface area contributed by atoms with Crippen LogP contribution in [0.1, 0.15) is 11.8 Å². The summed E-state index contributed by atoms with van der Waals surface area (Å²) in [5.74, 6) is 0.573. The number of ether oxygens (including phenoxy) is 1. The molecule has 148 valence electrons. The Kier molecular flexibility index (Phi) is 5.47. The number of anilines is 1. The third kappa shape index (κ3) is 3.45. The molecule has 10 heteroatoms. The van der Waals surface area contributed by atoms with Crippen LogP contribution in [0.15, 0.2) is 41.8 Å². The standard InChI is InChI=1S/C18H21N5O4S/c1-28-18-21-15(19-7-10-5-3-2-4-6-10)12-16(22-18)23(9-20-12)17-14(26)13(25)11(8-24)27-17/h2-6,9,11,13-14,17,24-26H,7-8H2,1H3,(H,19,21,22)/t11-,13-,14-,17-/m1/s1. The van der Waals surface area contributed by atoms with Crippen molar-refractivity contribution >= 4 is 28.7 Å². The molecule has 0 unspecified atom stereocenters. The Morgan fingerprint density at radius 1 is 1.18 bits per heavy atom. The number of fused-ring (bicyclic) bond motifs is 1. The van der Waals surface area contributed by atoms with E-state index in [1.54, 1.807) is 4.57 Å². The molecule has 1 fully saturated rings. The van der Waals surface area contributed by atoms with Crippen molar-refractivity contribution in [1.29, 1.82) is 0 Å². The minimum Gasteiger partial charge on any atom is -0.394 e. The Hall–Kier alpha value is -2.24. The number of aliphatic hydroxyl groups is 3. The van der Waals surface area contributed by atoms with Gasteiger partial charge in [0.2, 0.25) is 0 Å². The van der Waals surface area contributed by atoms with E-state index in [1.807, 2.05) is 36.6 Å². The molecule has 3 aromatic rings. The normalized spacial score (nSPS) is 24.7. The highest BCUT2D eigenvalue weighted by atomic mass is 32.2. The number of nitrogens with one attached hydrogen (secondary N) is 1. The molecule has 0 amide bonds. The molecule has 4 N–H and O–H groups in total. The molecule has 2 aromatic heterocycles. The molecule has 0 aliphatic carbocycles. The Balaban J connectivity index is 1.69. The average molecular weight is 403 g/mol. The minimum absolute atomic E-state index is 0.393. The van der Waals surface area contributed by atoms with Crippen molar-refractivity contribution < 1.29 is 20.1 Å². The van der Waals surface area contributed by atoms with Crippen molar-refractivity contribution in [2.45, 2.75) is 36.2 Å². The zero-order chi connectivity index (χ0) is 19.7. The van der Waals surface area contributed by atoms with E-state index in [-0.39, 0.29) is 0 Å². The van der Waals surface area contributed by atoms with Crippen LogP contribution in [-0.4, -0.2) is 66.0 Å². The molecule has 1 aliphatic heterocycles. The molecule has 28 heavy (non-hydrogen) atoms. The van der Waals surface area contributed by atoms with Crippen LogP contribution in [0.2, 0.25) is 0 Å². The first kappa shape index (κ1) is 19.1. The molecular formula is C18H21N5O4S. The monoisotopic (exact) mass is 403 g/mol. The Bertz CT molecular complexity index is 954. The van der Waals surface area contributed by atoms with Crippen molar-refractivity contribution in [2.75, 3.05) is 18.2 Å². The molecular weight excluding hydrogens is 382 g/mol. The van der Waals surface area contributed by atoms with Crippen LogP contribution in [-0.2, 0) is 11.3 Å². The average Bonchev–Trinajstić information content (AvgIpc) is 3.28. The third-order valence-corrected chi connectivity index (χ3v) is 5.23. The number of rotatable bonds is 6. The van der Waals surface area contributed by atoms with Crippen LogP contribution in [0.25, 0.3) is 11.2 Å². The second-order valence-corrected chi connectivity index (χ2v) is 7.22. The summed E-state index contributed by atoms with van der Waals surface area (Å²) in [6.45, 7) is 0.178. The van der Waals surface area contributed by atoms with Gasteiger partial charge in [-0.3, -0.25) is 4.57 Å². The van der Waals surface area contributed by atoms with Crippen LogP contribution < -0.4 is 5.32 Å². The van der Waals surface area contributed by atoms with Crippen LogP contribution in [0.5, 0.6) is 0 Å². The first-order valence-corrected chi connectivity index (χ1v) is 10.0. The molecule has 4 atom stereocenters. The topological polar surface area (TPSA) is 126 Å². The van der Waals surface area contributed by atoms with E-state index in [0.717, 1.165) is 5.56 Å². The number of benzene rings is 1. The molecule has 3 heterocycles. The molecule has 0 saturated carbocycles. The van der Waals surface area contributed by atoms with Gasteiger partial charge < -0.3 is 25.4 Å². The van der Waals surface area contributed by atoms with Gasteiger partial charge in [0.15, 0.2) is 28.4 Å². The molecule has 0 radical (unpaired) electrons. The van der Waals surface area contributed by atoms with Crippen molar-refractivity contribution in [2.24, 2.45) is 0 Å². The first-order valence-electron chi connectivity index (χ1n) is 8.81. The molecule has 1 aliphatic rings. The van der Waals surface area contributed by atoms with Crippen LogP contribution >= 0.6 is 11.8 Å². The van der Waals surface area contributed by atoms with Gasteiger partial charge in [0.25, 0.3) is 0 Å². The Morgan fingerprint density at radius 2 is 1.96 bits per heavy atom. The summed E-state index contributed by atoms with van der Waals surface area (Å²) >= 11 is 1.38. The van der Waals surface area contributed by atoms with Gasteiger partial charge in [-0.25, -0.2) is 15.0 Å². The summed E-state index contributed by atoms with van der Waals surface area (Å²) in [6, 6.07) is 9.92. The maximum atomic E-state index is 10.3. The van der Waals surface area contributed by atoms with Crippen LogP contribution in [0, 0.1) is 0 Å². The van der Waals surface area contributed by atoms with Crippen molar-refractivity contribution in [1.82, 2.24) is 19.5 Å². The number of hydrogen-bond acceptors (Lipinski definition) is 9. The van der Waals surface area contributed by atoms with E-state index in [9.17, 15) is 15.3 Å². The van der Waals surface area contributed by atoms with Crippen molar-refractivity contribution in [3.63, 3.8) is 0 Å². The van der Waals surface area contributed by atoms with Crippen LogP contribution in [0.3, 0.4) is 0 Å². The molecule has 0 bridgehead atoms. The predicted molar refractivity (Wildman–Crippen MR) is 104 cm³/mol. The van der Waals surface area contributed by atoms with Crippen LogP contribution in [0.4, 0.5) is 5.82 Å². The van der Waals surface area contributed by atoms with Gasteiger partial charge in [-0.2, -0.15) is 0 Å². The smallest absolute Gasteiger partial charge is 0.191 e. The molecule has 4 rings (SSSR count). The summed E-state index contributed by atoms with van der Waals surface area (Å²) in [7, 11) is 0. The van der Waals surface area contributed by atoms with E-state index >= 15 is 0 Å². The number of thioether (sulfide) groups is 1. The highest BCUT2D eigenvalue weighted by Crippen LogP contribution is 2.33. The Labute approximate surface area is 165 Å². The van der Waals surface area contributed by atoms with Gasteiger partial charge in [-0.1, -0.05) is 42.1 Å². The lowest BCUT2D eigenvalue weighted by atomic mass is 10.1. The fourth-order valence-corrected chi connectivity index (χ4v) is 3.55. The summed E-state index contributed by atoms with van der Waals surface area (Å²) in [5.41, 5.74) is 2.11. The lowest BCUT2D eigenvalue weighted by molar-refractivity contribution is -0.0511. The summed E-state index contributed by atoms with van der Waals surface area (Å²) in [5, 5.41) is 33.5. The first-order chi connectivity index (χ1) is 13.6. The molecule has 0 spiro atoms. The number of aliphatic hydroxyl groups excluding tert-OH is 3. The second kappa shape index (κ2) is 8.02. The molecule has 9 nitrogen and oxygen atoms in total. The van der Waals surface area contributed by atoms with E-state index < -0.39 is 31.1 Å². The van der Waals surface area contributed by atoms with Crippen molar-refractivity contribution in [3.05, 3.63) is 42.2 Å². The van der Waals surface area contributed by atoms with Gasteiger partial charge in [-0.15, -0.1) is 0 Å². The lowest BCUT2D eigenvalue weighted by Gasteiger charge is -2.17. The largest absolute Gasteiger partial charge is 0.394 e. The van der Waals surface area contributed by atoms with Crippen molar-refractivity contribution in [3.8, 4) is 0 Å². The zero-order valence-electron chi connectivity index (χ0n) is 15.1. The van der Waals surface area contributed by atoms with Gasteiger partial charge in [-0.05, 0) is 11.8 Å².